The Morgan fingerprint density at radius 1 is 1.53 bits per heavy atom. The standard InChI is InChI=1S/C13H15BrN2O/c14-11-3-2-10-4-5-13(9-15,12(10)8-11)16-6-1-7-17/h2-3,8,16-17H,1,4-7H2. The Balaban J connectivity index is 2.27. The minimum Gasteiger partial charge on any atom is -0.396 e. The zero-order valence-corrected chi connectivity index (χ0v) is 11.1. The van der Waals surface area contributed by atoms with Crippen LogP contribution >= 0.6 is 15.9 Å². The Kier molecular flexibility index (Phi) is 3.82. The predicted molar refractivity (Wildman–Crippen MR) is 69.5 cm³/mol. The van der Waals surface area contributed by atoms with Gasteiger partial charge in [-0.1, -0.05) is 22.0 Å². The molecule has 2 rings (SSSR count). The first-order chi connectivity index (χ1) is 8.22. The van der Waals surface area contributed by atoms with Crippen molar-refractivity contribution in [1.29, 1.82) is 5.26 Å². The van der Waals surface area contributed by atoms with Crippen molar-refractivity contribution >= 4 is 15.9 Å². The molecule has 1 aromatic carbocycles. The van der Waals surface area contributed by atoms with E-state index in [4.69, 9.17) is 5.11 Å². The summed E-state index contributed by atoms with van der Waals surface area (Å²) >= 11 is 3.45. The average molecular weight is 295 g/mol. The van der Waals surface area contributed by atoms with Gasteiger partial charge in [0.1, 0.15) is 5.54 Å². The molecule has 0 saturated heterocycles. The highest BCUT2D eigenvalue weighted by Gasteiger charge is 2.38. The van der Waals surface area contributed by atoms with Crippen molar-refractivity contribution in [2.24, 2.45) is 0 Å². The molecular formula is C13H15BrN2O. The van der Waals surface area contributed by atoms with Crippen molar-refractivity contribution < 1.29 is 5.11 Å². The van der Waals surface area contributed by atoms with Crippen LogP contribution in [0.5, 0.6) is 0 Å². The van der Waals surface area contributed by atoms with Crippen LogP contribution in [0.1, 0.15) is 24.0 Å². The molecule has 90 valence electrons. The van der Waals surface area contributed by atoms with Crippen molar-refractivity contribution in [1.82, 2.24) is 5.32 Å². The summed E-state index contributed by atoms with van der Waals surface area (Å²) in [5, 5.41) is 21.6. The molecule has 3 nitrogen and oxygen atoms in total. The molecule has 0 aliphatic heterocycles. The van der Waals surface area contributed by atoms with Gasteiger partial charge in [0.2, 0.25) is 0 Å². The lowest BCUT2D eigenvalue weighted by molar-refractivity contribution is 0.278. The molecular weight excluding hydrogens is 280 g/mol. The Labute approximate surface area is 110 Å². The lowest BCUT2D eigenvalue weighted by Crippen LogP contribution is -2.40. The molecule has 1 aliphatic rings. The summed E-state index contributed by atoms with van der Waals surface area (Å²) in [5.74, 6) is 0. The lowest BCUT2D eigenvalue weighted by atomic mass is 9.93. The second-order valence-corrected chi connectivity index (χ2v) is 5.24. The molecule has 0 fully saturated rings. The van der Waals surface area contributed by atoms with Crippen LogP contribution in [0.4, 0.5) is 0 Å². The highest BCUT2D eigenvalue weighted by molar-refractivity contribution is 9.10. The Morgan fingerprint density at radius 2 is 2.35 bits per heavy atom. The topological polar surface area (TPSA) is 56.0 Å². The van der Waals surface area contributed by atoms with E-state index in [9.17, 15) is 5.26 Å². The maximum absolute atomic E-state index is 9.46. The molecule has 17 heavy (non-hydrogen) atoms. The van der Waals surface area contributed by atoms with Gasteiger partial charge in [-0.05, 0) is 49.1 Å². The largest absolute Gasteiger partial charge is 0.396 e. The summed E-state index contributed by atoms with van der Waals surface area (Å²) in [7, 11) is 0. The van der Waals surface area contributed by atoms with E-state index < -0.39 is 5.54 Å². The summed E-state index contributed by atoms with van der Waals surface area (Å²) in [4.78, 5) is 0. The van der Waals surface area contributed by atoms with Gasteiger partial charge in [-0.15, -0.1) is 0 Å². The number of fused-ring (bicyclic) bond motifs is 1. The molecule has 0 heterocycles. The van der Waals surface area contributed by atoms with E-state index in [1.54, 1.807) is 0 Å². The SMILES string of the molecule is N#CC1(NCCCO)CCc2ccc(Br)cc21. The fourth-order valence-corrected chi connectivity index (χ4v) is 2.70. The molecule has 0 saturated carbocycles. The Hall–Kier alpha value is -0.890. The molecule has 0 amide bonds. The molecule has 0 radical (unpaired) electrons. The quantitative estimate of drug-likeness (QED) is 0.836. The van der Waals surface area contributed by atoms with Crippen LogP contribution in [0, 0.1) is 11.3 Å². The van der Waals surface area contributed by atoms with Crippen LogP contribution in [-0.2, 0) is 12.0 Å². The third-order valence-electron chi connectivity index (χ3n) is 3.25. The zero-order valence-electron chi connectivity index (χ0n) is 9.54. The minimum absolute atomic E-state index is 0.153. The van der Waals surface area contributed by atoms with E-state index >= 15 is 0 Å². The van der Waals surface area contributed by atoms with Gasteiger partial charge in [-0.2, -0.15) is 5.26 Å². The van der Waals surface area contributed by atoms with Crippen molar-refractivity contribution in [2.75, 3.05) is 13.2 Å². The second-order valence-electron chi connectivity index (χ2n) is 4.32. The molecule has 0 bridgehead atoms. The number of nitrogens with one attached hydrogen (secondary N) is 1. The fraction of sp³-hybridized carbons (Fsp3) is 0.462. The van der Waals surface area contributed by atoms with Crippen LogP contribution in [-0.4, -0.2) is 18.3 Å². The predicted octanol–water partition coefficient (Wildman–Crippen LogP) is 2.09. The molecule has 2 N–H and O–H groups in total. The summed E-state index contributed by atoms with van der Waals surface area (Å²) in [6.07, 6.45) is 2.41. The Bertz CT molecular complexity index is 455. The van der Waals surface area contributed by atoms with Gasteiger partial charge in [-0.25, -0.2) is 0 Å². The number of aryl methyl sites for hydroxylation is 1. The van der Waals surface area contributed by atoms with Gasteiger partial charge >= 0.3 is 0 Å². The minimum atomic E-state index is -0.575. The van der Waals surface area contributed by atoms with Gasteiger partial charge in [0.05, 0.1) is 6.07 Å². The first-order valence-electron chi connectivity index (χ1n) is 5.78. The van der Waals surface area contributed by atoms with E-state index in [0.29, 0.717) is 13.0 Å². The number of aliphatic hydroxyl groups excluding tert-OH is 1. The van der Waals surface area contributed by atoms with Gasteiger partial charge in [-0.3, -0.25) is 5.32 Å². The number of nitriles is 1. The third kappa shape index (κ3) is 2.37. The average Bonchev–Trinajstić information content (AvgIpc) is 2.69. The van der Waals surface area contributed by atoms with E-state index in [-0.39, 0.29) is 6.61 Å². The van der Waals surface area contributed by atoms with Crippen molar-refractivity contribution in [3.05, 3.63) is 33.8 Å². The van der Waals surface area contributed by atoms with Gasteiger partial charge in [0.25, 0.3) is 0 Å². The molecule has 1 aliphatic carbocycles. The summed E-state index contributed by atoms with van der Waals surface area (Å²) in [6.45, 7) is 0.815. The first kappa shape index (κ1) is 12.6. The summed E-state index contributed by atoms with van der Waals surface area (Å²) in [5.41, 5.74) is 1.74. The highest BCUT2D eigenvalue weighted by Crippen LogP contribution is 2.37. The monoisotopic (exact) mass is 294 g/mol. The normalized spacial score (nSPS) is 22.2. The number of nitrogens with zero attached hydrogens (tertiary/aromatic N) is 1. The van der Waals surface area contributed by atoms with Crippen LogP contribution in [0.2, 0.25) is 0 Å². The zero-order chi connectivity index (χ0) is 12.3. The summed E-state index contributed by atoms with van der Waals surface area (Å²) in [6, 6.07) is 8.52. The van der Waals surface area contributed by atoms with Crippen molar-refractivity contribution in [3.63, 3.8) is 0 Å². The van der Waals surface area contributed by atoms with E-state index in [1.807, 2.05) is 12.1 Å². The van der Waals surface area contributed by atoms with E-state index in [1.165, 1.54) is 5.56 Å². The van der Waals surface area contributed by atoms with Crippen LogP contribution < -0.4 is 5.32 Å². The second kappa shape index (κ2) is 5.18. The Morgan fingerprint density at radius 3 is 3.06 bits per heavy atom. The number of aliphatic hydroxyl groups is 1. The summed E-state index contributed by atoms with van der Waals surface area (Å²) < 4.78 is 1.00. The highest BCUT2D eigenvalue weighted by atomic mass is 79.9. The van der Waals surface area contributed by atoms with Gasteiger partial charge in [0.15, 0.2) is 0 Å². The number of rotatable bonds is 4. The maximum Gasteiger partial charge on any atom is 0.132 e. The maximum atomic E-state index is 9.46. The van der Waals surface area contributed by atoms with Crippen molar-refractivity contribution in [2.45, 2.75) is 24.8 Å². The van der Waals surface area contributed by atoms with Crippen LogP contribution in [0.15, 0.2) is 22.7 Å². The molecule has 0 aromatic heterocycles. The molecule has 4 heteroatoms. The van der Waals surface area contributed by atoms with Gasteiger partial charge < -0.3 is 5.11 Å². The van der Waals surface area contributed by atoms with Gasteiger partial charge in [0, 0.05) is 11.1 Å². The smallest absolute Gasteiger partial charge is 0.132 e. The van der Waals surface area contributed by atoms with E-state index in [2.05, 4.69) is 33.4 Å². The van der Waals surface area contributed by atoms with Crippen molar-refractivity contribution in [3.8, 4) is 6.07 Å². The molecule has 1 atom stereocenters. The first-order valence-corrected chi connectivity index (χ1v) is 6.57. The third-order valence-corrected chi connectivity index (χ3v) is 3.75. The molecule has 1 unspecified atom stereocenters. The molecule has 1 aromatic rings. The molecule has 0 spiro atoms. The van der Waals surface area contributed by atoms with E-state index in [0.717, 1.165) is 22.9 Å². The number of hydrogen-bond acceptors (Lipinski definition) is 3. The number of hydrogen-bond donors (Lipinski definition) is 2. The fourth-order valence-electron chi connectivity index (χ4n) is 2.34. The number of halogens is 1. The van der Waals surface area contributed by atoms with Crippen LogP contribution in [0.3, 0.4) is 0 Å². The van der Waals surface area contributed by atoms with Crippen LogP contribution in [0.25, 0.3) is 0 Å². The number of benzene rings is 1. The lowest BCUT2D eigenvalue weighted by Gasteiger charge is -2.24.